The number of rotatable bonds is 6. The van der Waals surface area contributed by atoms with E-state index in [1.54, 1.807) is 17.5 Å². The summed E-state index contributed by atoms with van der Waals surface area (Å²) in [5.74, 6) is 1.40. The Hall–Kier alpha value is -2.55. The fourth-order valence-corrected chi connectivity index (χ4v) is 3.97. The highest BCUT2D eigenvalue weighted by Gasteiger charge is 2.23. The molecule has 1 atom stereocenters. The molecular formula is C19H21N5O2S. The molecule has 4 rings (SSSR count). The number of hydrogen-bond acceptors (Lipinski definition) is 8. The lowest BCUT2D eigenvalue weighted by Crippen LogP contribution is -2.20. The minimum Gasteiger partial charge on any atom is -0.396 e. The summed E-state index contributed by atoms with van der Waals surface area (Å²) < 4.78 is 0. The molecule has 1 fully saturated rings. The molecule has 0 radical (unpaired) electrons. The van der Waals surface area contributed by atoms with E-state index in [4.69, 9.17) is 5.11 Å². The van der Waals surface area contributed by atoms with Crippen LogP contribution in [0.2, 0.25) is 0 Å². The predicted molar refractivity (Wildman–Crippen MR) is 106 cm³/mol. The molecule has 1 aliphatic rings. The Morgan fingerprint density at radius 1 is 1.22 bits per heavy atom. The fourth-order valence-electron chi connectivity index (χ4n) is 3.05. The van der Waals surface area contributed by atoms with Gasteiger partial charge in [-0.1, -0.05) is 17.4 Å². The van der Waals surface area contributed by atoms with Crippen molar-refractivity contribution < 1.29 is 10.2 Å². The zero-order valence-corrected chi connectivity index (χ0v) is 15.6. The summed E-state index contributed by atoms with van der Waals surface area (Å²) in [6.07, 6.45) is 4.67. The van der Waals surface area contributed by atoms with Crippen LogP contribution in [0, 0.1) is 0 Å². The topological polar surface area (TPSA) is 94.4 Å². The lowest BCUT2D eigenvalue weighted by molar-refractivity contribution is 0.198. The fraction of sp³-hybridized carbons (Fsp3) is 0.316. The second-order valence-electron chi connectivity index (χ2n) is 6.45. The van der Waals surface area contributed by atoms with Gasteiger partial charge in [-0.3, -0.25) is 0 Å². The first-order valence-electron chi connectivity index (χ1n) is 8.90. The van der Waals surface area contributed by atoms with E-state index in [0.717, 1.165) is 34.2 Å². The minimum absolute atomic E-state index is 0.110. The van der Waals surface area contributed by atoms with Crippen molar-refractivity contribution in [3.8, 4) is 10.6 Å². The molecule has 3 aromatic rings. The monoisotopic (exact) mass is 383 g/mol. The summed E-state index contributed by atoms with van der Waals surface area (Å²) in [5, 5.41) is 22.9. The van der Waals surface area contributed by atoms with Crippen molar-refractivity contribution in [2.75, 3.05) is 29.9 Å². The van der Waals surface area contributed by atoms with Gasteiger partial charge in [0.2, 0.25) is 0 Å². The van der Waals surface area contributed by atoms with Gasteiger partial charge >= 0.3 is 0 Å². The molecule has 140 valence electrons. The van der Waals surface area contributed by atoms with Crippen LogP contribution in [0.1, 0.15) is 12.0 Å². The van der Waals surface area contributed by atoms with Crippen LogP contribution in [0.25, 0.3) is 10.6 Å². The standard InChI is InChI=1S/C19H21N5O2S/c25-9-6-13-4-7-20-18(10-13)23-17-3-1-2-15(22-17)16-11-21-19(27-16)24-8-5-14(26)12-24/h1-4,7,10-11,14,25-26H,5-6,8-9,12H2,(H,20,22,23). The van der Waals surface area contributed by atoms with Gasteiger partial charge in [-0.05, 0) is 42.7 Å². The molecule has 1 saturated heterocycles. The number of aromatic nitrogens is 3. The Balaban J connectivity index is 1.51. The van der Waals surface area contributed by atoms with Gasteiger partial charge in [0.05, 0.1) is 16.7 Å². The van der Waals surface area contributed by atoms with E-state index in [0.29, 0.717) is 24.6 Å². The van der Waals surface area contributed by atoms with Gasteiger partial charge in [0.25, 0.3) is 0 Å². The Morgan fingerprint density at radius 3 is 2.96 bits per heavy atom. The average Bonchev–Trinajstić information content (AvgIpc) is 3.32. The first-order chi connectivity index (χ1) is 13.2. The maximum atomic E-state index is 9.71. The maximum absolute atomic E-state index is 9.71. The molecule has 3 N–H and O–H groups in total. The predicted octanol–water partition coefficient (Wildman–Crippen LogP) is 2.45. The van der Waals surface area contributed by atoms with Crippen molar-refractivity contribution in [1.82, 2.24) is 15.0 Å². The van der Waals surface area contributed by atoms with Gasteiger partial charge in [-0.25, -0.2) is 15.0 Å². The second-order valence-corrected chi connectivity index (χ2v) is 7.46. The van der Waals surface area contributed by atoms with E-state index in [9.17, 15) is 5.11 Å². The molecule has 0 saturated carbocycles. The SMILES string of the molecule is OCCc1ccnc(Nc2cccc(-c3cnc(N4CCC(O)C4)s3)n2)c1. The van der Waals surface area contributed by atoms with Gasteiger partial charge in [-0.2, -0.15) is 0 Å². The highest BCUT2D eigenvalue weighted by molar-refractivity contribution is 7.18. The smallest absolute Gasteiger partial charge is 0.185 e. The third kappa shape index (κ3) is 4.24. The quantitative estimate of drug-likeness (QED) is 0.602. The van der Waals surface area contributed by atoms with Crippen LogP contribution in [-0.2, 0) is 6.42 Å². The Morgan fingerprint density at radius 2 is 2.15 bits per heavy atom. The molecule has 0 bridgehead atoms. The number of anilines is 3. The van der Waals surface area contributed by atoms with Crippen molar-refractivity contribution in [1.29, 1.82) is 0 Å². The lowest BCUT2D eigenvalue weighted by Gasteiger charge is -2.12. The Bertz CT molecular complexity index is 916. The Kier molecular flexibility index (Phi) is 5.28. The van der Waals surface area contributed by atoms with E-state index in [2.05, 4.69) is 25.2 Å². The minimum atomic E-state index is -0.267. The van der Waals surface area contributed by atoms with E-state index in [1.165, 1.54) is 0 Å². The summed E-state index contributed by atoms with van der Waals surface area (Å²) in [6.45, 7) is 1.58. The van der Waals surface area contributed by atoms with Crippen LogP contribution in [0.15, 0.2) is 42.7 Å². The molecule has 1 aliphatic heterocycles. The first kappa shape index (κ1) is 17.8. The largest absolute Gasteiger partial charge is 0.396 e. The third-order valence-corrected chi connectivity index (χ3v) is 5.49. The number of aliphatic hydroxyl groups excluding tert-OH is 2. The second kappa shape index (κ2) is 7.99. The summed E-state index contributed by atoms with van der Waals surface area (Å²) in [7, 11) is 0. The molecule has 1 unspecified atom stereocenters. The third-order valence-electron chi connectivity index (χ3n) is 4.41. The highest BCUT2D eigenvalue weighted by Crippen LogP contribution is 2.32. The number of aliphatic hydroxyl groups is 2. The van der Waals surface area contributed by atoms with E-state index in [-0.39, 0.29) is 12.7 Å². The molecule has 4 heterocycles. The maximum Gasteiger partial charge on any atom is 0.185 e. The molecule has 0 amide bonds. The summed E-state index contributed by atoms with van der Waals surface area (Å²) in [4.78, 5) is 16.6. The van der Waals surface area contributed by atoms with Crippen molar-refractivity contribution in [2.45, 2.75) is 18.9 Å². The molecular weight excluding hydrogens is 362 g/mol. The van der Waals surface area contributed by atoms with Crippen molar-refractivity contribution in [3.63, 3.8) is 0 Å². The molecule has 8 heteroatoms. The van der Waals surface area contributed by atoms with Gasteiger partial charge in [0.1, 0.15) is 11.6 Å². The molecule has 0 aromatic carbocycles. The van der Waals surface area contributed by atoms with Gasteiger partial charge in [0.15, 0.2) is 5.13 Å². The van der Waals surface area contributed by atoms with E-state index < -0.39 is 0 Å². The number of thiazole rings is 1. The summed E-state index contributed by atoms with van der Waals surface area (Å²) in [5.41, 5.74) is 1.86. The molecule has 7 nitrogen and oxygen atoms in total. The van der Waals surface area contributed by atoms with Gasteiger partial charge in [-0.15, -0.1) is 0 Å². The Labute approximate surface area is 161 Å². The van der Waals surface area contributed by atoms with Crippen LogP contribution in [0.5, 0.6) is 0 Å². The number of β-amino-alcohol motifs (C(OH)–C–C–N with tert-alkyl or cyclic N) is 1. The van der Waals surface area contributed by atoms with Crippen LogP contribution >= 0.6 is 11.3 Å². The summed E-state index contributed by atoms with van der Waals surface area (Å²) >= 11 is 1.58. The number of nitrogens with one attached hydrogen (secondary N) is 1. The average molecular weight is 383 g/mol. The zero-order chi connectivity index (χ0) is 18.6. The molecule has 0 spiro atoms. The van der Waals surface area contributed by atoms with Crippen molar-refractivity contribution in [2.24, 2.45) is 0 Å². The zero-order valence-electron chi connectivity index (χ0n) is 14.7. The van der Waals surface area contributed by atoms with Crippen molar-refractivity contribution >= 4 is 28.1 Å². The molecule has 3 aromatic heterocycles. The number of hydrogen-bond donors (Lipinski definition) is 3. The molecule has 0 aliphatic carbocycles. The van der Waals surface area contributed by atoms with Gasteiger partial charge in [0, 0.05) is 32.1 Å². The first-order valence-corrected chi connectivity index (χ1v) is 9.72. The number of nitrogens with zero attached hydrogens (tertiary/aromatic N) is 4. The van der Waals surface area contributed by atoms with Crippen LogP contribution < -0.4 is 10.2 Å². The van der Waals surface area contributed by atoms with Crippen molar-refractivity contribution in [3.05, 3.63) is 48.3 Å². The van der Waals surface area contributed by atoms with E-state index in [1.807, 2.05) is 36.5 Å². The molecule has 27 heavy (non-hydrogen) atoms. The van der Waals surface area contributed by atoms with Crippen LogP contribution in [-0.4, -0.2) is 51.0 Å². The van der Waals surface area contributed by atoms with Crippen LogP contribution in [0.4, 0.5) is 16.8 Å². The number of pyridine rings is 2. The normalized spacial score (nSPS) is 16.7. The van der Waals surface area contributed by atoms with Crippen LogP contribution in [0.3, 0.4) is 0 Å². The lowest BCUT2D eigenvalue weighted by atomic mass is 10.2. The summed E-state index contributed by atoms with van der Waals surface area (Å²) in [6, 6.07) is 9.59. The highest BCUT2D eigenvalue weighted by atomic mass is 32.1. The van der Waals surface area contributed by atoms with E-state index >= 15 is 0 Å². The van der Waals surface area contributed by atoms with Gasteiger partial charge < -0.3 is 20.4 Å².